The Bertz CT molecular complexity index is 3680. The quantitative estimate of drug-likeness (QED) is 0.0653. The number of hydrogen-bond acceptors (Lipinski definition) is 17. The third-order valence-corrected chi connectivity index (χ3v) is 16.5. The number of fused-ring (bicyclic) bond motifs is 3. The molecule has 2 aliphatic carbocycles. The number of hydrogen-bond donors (Lipinski definition) is 13. The lowest BCUT2D eigenvalue weighted by Crippen LogP contribution is -2.60. The largest absolute Gasteiger partial charge is 0.508 e. The van der Waals surface area contributed by atoms with Crippen LogP contribution in [-0.2, 0) is 4.74 Å². The first-order chi connectivity index (χ1) is 38.0. The SMILES string of the molecule is OC[C@H]1O[C@@H](Oc2cc(O)cc([C@@H]3c4c(cc(O)cc4[C@@H]4c5c(O)cc6c7c5[C@H]([C@@H](c5ccc(O)cc5)c5c(O)cc(O)cc5[C@@H]7[C@@H](c5ccc(O)cc5)O6)[C@H]4c4ccc(O)cc4)O[C@H]3c3ccc(O)cc3)c2)[C@H](O)[C@@H](O)[C@@H]1O. The van der Waals surface area contributed by atoms with Gasteiger partial charge in [0.2, 0.25) is 6.29 Å². The fourth-order valence-electron chi connectivity index (χ4n) is 13.4. The second-order valence-electron chi connectivity index (χ2n) is 21.0. The molecule has 13 atom stereocenters. The maximum absolute atomic E-state index is 13.0. The zero-order valence-electron chi connectivity index (χ0n) is 41.5. The summed E-state index contributed by atoms with van der Waals surface area (Å²) < 4.78 is 25.7. The van der Waals surface area contributed by atoms with Crippen LogP contribution >= 0.6 is 0 Å². The fraction of sp³-hybridized carbons (Fsp3) is 0.226. The van der Waals surface area contributed by atoms with Gasteiger partial charge >= 0.3 is 0 Å². The zero-order valence-corrected chi connectivity index (χ0v) is 41.5. The number of aromatic hydroxyl groups is 9. The fourth-order valence-corrected chi connectivity index (χ4v) is 13.4. The molecule has 0 amide bonds. The van der Waals surface area contributed by atoms with E-state index in [2.05, 4.69) is 0 Å². The molecular weight excluding hydrogens is 1020 g/mol. The highest BCUT2D eigenvalue weighted by atomic mass is 16.7. The molecule has 8 aromatic rings. The first-order valence-corrected chi connectivity index (χ1v) is 25.7. The van der Waals surface area contributed by atoms with Crippen molar-refractivity contribution in [3.8, 4) is 69.0 Å². The molecule has 0 aromatic heterocycles. The van der Waals surface area contributed by atoms with Crippen LogP contribution in [0.5, 0.6) is 69.0 Å². The van der Waals surface area contributed by atoms with E-state index in [-0.39, 0.29) is 63.2 Å². The standard InChI is InChI=1S/C62H52O17/c63-25-45-57(73)58(74)59(75)62(79-45)76-38-18-30(17-35(68)19-38)48-50-40(21-37(70)23-43(50)77-60(48)28-5-13-33(66)14-6-28)51-47(27-3-11-32(65)12-4-27)55-46(26-1-9-31(64)10-2-26)49-39(20-36(69)22-41(49)71)52-54-44(24-42(72)53(51)56(54)55)78-61(52)29-7-15-34(67)16-8-29/h1-24,45-48,51-52,55,57-75H,25H2/t45-,46+,47+,48-,51+,52+,55-,57-,58+,59-,60+,61-,62-/m1/s1. The Kier molecular flexibility index (Phi) is 11.8. The normalized spacial score (nSPS) is 27.0. The van der Waals surface area contributed by atoms with Gasteiger partial charge in [-0.15, -0.1) is 0 Å². The Morgan fingerprint density at radius 1 is 0.367 bits per heavy atom. The van der Waals surface area contributed by atoms with Gasteiger partial charge in [0.25, 0.3) is 0 Å². The summed E-state index contributed by atoms with van der Waals surface area (Å²) in [5, 5.41) is 145. The van der Waals surface area contributed by atoms with E-state index in [1.54, 1.807) is 97.1 Å². The van der Waals surface area contributed by atoms with Gasteiger partial charge in [-0.05, 0) is 117 Å². The van der Waals surface area contributed by atoms with Crippen LogP contribution in [0.1, 0.15) is 114 Å². The molecule has 0 bridgehead atoms. The lowest BCUT2D eigenvalue weighted by atomic mass is 9.68. The molecule has 0 spiro atoms. The van der Waals surface area contributed by atoms with E-state index >= 15 is 0 Å². The predicted molar refractivity (Wildman–Crippen MR) is 281 cm³/mol. The number of ether oxygens (including phenoxy) is 4. The molecule has 13 rings (SSSR count). The van der Waals surface area contributed by atoms with Crippen molar-refractivity contribution in [2.45, 2.75) is 78.4 Å². The lowest BCUT2D eigenvalue weighted by molar-refractivity contribution is -0.277. The Labute approximate surface area is 450 Å². The Morgan fingerprint density at radius 3 is 1.47 bits per heavy atom. The van der Waals surface area contributed by atoms with E-state index in [4.69, 9.17) is 18.9 Å². The molecule has 17 nitrogen and oxygen atoms in total. The summed E-state index contributed by atoms with van der Waals surface area (Å²) in [4.78, 5) is 0. The molecule has 0 unspecified atom stereocenters. The lowest BCUT2D eigenvalue weighted by Gasteiger charge is -2.39. The molecule has 1 fully saturated rings. The van der Waals surface area contributed by atoms with Gasteiger partial charge in [0.05, 0.1) is 18.4 Å². The minimum absolute atomic E-state index is 0.0123. The second-order valence-corrected chi connectivity index (χ2v) is 21.0. The zero-order chi connectivity index (χ0) is 54.9. The summed E-state index contributed by atoms with van der Waals surface area (Å²) in [5.41, 5.74) is 6.43. The number of benzene rings is 8. The van der Waals surface area contributed by atoms with Crippen molar-refractivity contribution in [2.24, 2.45) is 0 Å². The minimum Gasteiger partial charge on any atom is -0.508 e. The van der Waals surface area contributed by atoms with E-state index in [1.807, 2.05) is 0 Å². The van der Waals surface area contributed by atoms with Gasteiger partial charge < -0.3 is 85.3 Å². The van der Waals surface area contributed by atoms with Crippen molar-refractivity contribution in [1.82, 2.24) is 0 Å². The average molecular weight is 1070 g/mol. The minimum atomic E-state index is -1.79. The van der Waals surface area contributed by atoms with Crippen LogP contribution in [0.3, 0.4) is 0 Å². The first kappa shape index (κ1) is 49.7. The summed E-state index contributed by atoms with van der Waals surface area (Å²) >= 11 is 0. The number of phenols is 9. The molecule has 79 heavy (non-hydrogen) atoms. The molecule has 5 aliphatic rings. The Morgan fingerprint density at radius 2 is 0.873 bits per heavy atom. The first-order valence-electron chi connectivity index (χ1n) is 25.7. The molecule has 3 heterocycles. The molecule has 13 N–H and O–H groups in total. The smallest absolute Gasteiger partial charge is 0.229 e. The van der Waals surface area contributed by atoms with Crippen molar-refractivity contribution in [3.63, 3.8) is 0 Å². The van der Waals surface area contributed by atoms with E-state index in [9.17, 15) is 66.4 Å². The van der Waals surface area contributed by atoms with Crippen LogP contribution in [-0.4, -0.2) is 104 Å². The maximum atomic E-state index is 13.0. The van der Waals surface area contributed by atoms with E-state index in [0.29, 0.717) is 72.5 Å². The molecule has 17 heteroatoms. The molecular formula is C62H52O17. The van der Waals surface area contributed by atoms with E-state index in [1.165, 1.54) is 48.5 Å². The summed E-state index contributed by atoms with van der Waals surface area (Å²) in [6.45, 7) is -0.718. The van der Waals surface area contributed by atoms with Crippen LogP contribution < -0.4 is 14.2 Å². The maximum Gasteiger partial charge on any atom is 0.229 e. The van der Waals surface area contributed by atoms with Crippen molar-refractivity contribution in [3.05, 3.63) is 212 Å². The molecule has 0 radical (unpaired) electrons. The van der Waals surface area contributed by atoms with Crippen LogP contribution in [0, 0.1) is 0 Å². The monoisotopic (exact) mass is 1070 g/mol. The van der Waals surface area contributed by atoms with E-state index in [0.717, 1.165) is 0 Å². The third kappa shape index (κ3) is 8.02. The third-order valence-electron chi connectivity index (χ3n) is 16.5. The number of rotatable bonds is 9. The highest BCUT2D eigenvalue weighted by Gasteiger charge is 2.58. The van der Waals surface area contributed by atoms with Crippen molar-refractivity contribution in [2.75, 3.05) is 6.61 Å². The highest BCUT2D eigenvalue weighted by molar-refractivity contribution is 5.74. The Balaban J connectivity index is 1.09. The summed E-state index contributed by atoms with van der Waals surface area (Å²) in [6.07, 6.45) is -9.97. The van der Waals surface area contributed by atoms with Gasteiger partial charge in [-0.1, -0.05) is 48.5 Å². The van der Waals surface area contributed by atoms with Crippen LogP contribution in [0.25, 0.3) is 0 Å². The highest BCUT2D eigenvalue weighted by Crippen LogP contribution is 2.72. The topological polar surface area (TPSA) is 300 Å². The van der Waals surface area contributed by atoms with Crippen molar-refractivity contribution < 1.29 is 85.3 Å². The molecule has 3 aliphatic heterocycles. The molecule has 1 saturated heterocycles. The number of aliphatic hydroxyl groups excluding tert-OH is 4. The summed E-state index contributed by atoms with van der Waals surface area (Å²) in [7, 11) is 0. The van der Waals surface area contributed by atoms with Crippen molar-refractivity contribution >= 4 is 0 Å². The second kappa shape index (κ2) is 18.7. The molecule has 402 valence electrons. The molecule has 8 aromatic carbocycles. The Hall–Kier alpha value is -8.84. The average Bonchev–Trinajstić information content (AvgIpc) is 3.03. The van der Waals surface area contributed by atoms with Crippen molar-refractivity contribution in [1.29, 1.82) is 0 Å². The summed E-state index contributed by atoms with van der Waals surface area (Å²) in [6, 6.07) is 37.8. The van der Waals surface area contributed by atoms with Crippen LogP contribution in [0.15, 0.2) is 146 Å². The van der Waals surface area contributed by atoms with Gasteiger partial charge in [0, 0.05) is 70.2 Å². The number of aliphatic hydroxyl groups is 4. The van der Waals surface area contributed by atoms with Gasteiger partial charge in [-0.2, -0.15) is 0 Å². The number of phenolic OH excluding ortho intramolecular Hbond substituents is 9. The van der Waals surface area contributed by atoms with Gasteiger partial charge in [0.15, 0.2) is 0 Å². The van der Waals surface area contributed by atoms with Gasteiger partial charge in [0.1, 0.15) is 106 Å². The molecule has 0 saturated carbocycles. The van der Waals surface area contributed by atoms with Gasteiger partial charge in [-0.3, -0.25) is 0 Å². The van der Waals surface area contributed by atoms with Crippen LogP contribution in [0.2, 0.25) is 0 Å². The van der Waals surface area contributed by atoms with E-state index < -0.39 is 85.0 Å². The van der Waals surface area contributed by atoms with Gasteiger partial charge in [-0.25, -0.2) is 0 Å². The summed E-state index contributed by atoms with van der Waals surface area (Å²) in [5.74, 6) is -5.82. The van der Waals surface area contributed by atoms with Crippen LogP contribution in [0.4, 0.5) is 0 Å². The predicted octanol–water partition coefficient (Wildman–Crippen LogP) is 7.91.